The third-order valence-electron chi connectivity index (χ3n) is 2.14. The van der Waals surface area contributed by atoms with E-state index in [1.54, 1.807) is 11.8 Å². The van der Waals surface area contributed by atoms with Gasteiger partial charge >= 0.3 is 0 Å². The molecular weight excluding hydrogens is 304 g/mol. The first kappa shape index (κ1) is 12.0. The van der Waals surface area contributed by atoms with E-state index in [-0.39, 0.29) is 0 Å². The first-order chi connectivity index (χ1) is 7.75. The molecule has 0 atom stereocenters. The van der Waals surface area contributed by atoms with Crippen LogP contribution in [0.1, 0.15) is 5.56 Å². The minimum Gasteiger partial charge on any atom is -0.121 e. The predicted molar refractivity (Wildman–Crippen MR) is 75.2 cm³/mol. The molecule has 0 spiro atoms. The Kier molecular flexibility index (Phi) is 4.33. The summed E-state index contributed by atoms with van der Waals surface area (Å²) in [5.74, 6) is 0.971. The molecule has 2 aromatic carbocycles. The Hall–Kier alpha value is -0.440. The van der Waals surface area contributed by atoms with Crippen LogP contribution in [0.5, 0.6) is 0 Å². The lowest BCUT2D eigenvalue weighted by Crippen LogP contribution is -1.79. The normalized spacial score (nSPS) is 10.4. The summed E-state index contributed by atoms with van der Waals surface area (Å²) < 4.78 is 0.943. The lowest BCUT2D eigenvalue weighted by atomic mass is 10.2. The molecule has 0 nitrogen and oxygen atoms in total. The summed E-state index contributed by atoms with van der Waals surface area (Å²) in [6.45, 7) is 0. The van der Waals surface area contributed by atoms with Crippen LogP contribution in [0.2, 0.25) is 5.02 Å². The summed E-state index contributed by atoms with van der Waals surface area (Å²) in [5, 5.41) is 0.762. The quantitative estimate of drug-likeness (QED) is 0.684. The molecule has 0 aromatic heterocycles. The average Bonchev–Trinajstić information content (AvgIpc) is 2.32. The summed E-state index contributed by atoms with van der Waals surface area (Å²) in [6, 6.07) is 16.5. The SMILES string of the molecule is Clc1cc(SCc2ccccc2)ccc1Br. The summed E-state index contributed by atoms with van der Waals surface area (Å²) in [7, 11) is 0. The molecule has 0 aliphatic rings. The first-order valence-electron chi connectivity index (χ1n) is 4.87. The van der Waals surface area contributed by atoms with Crippen molar-refractivity contribution in [3.8, 4) is 0 Å². The van der Waals surface area contributed by atoms with Gasteiger partial charge in [-0.25, -0.2) is 0 Å². The van der Waals surface area contributed by atoms with Crippen molar-refractivity contribution in [2.45, 2.75) is 10.6 Å². The van der Waals surface area contributed by atoms with Gasteiger partial charge in [-0.2, -0.15) is 0 Å². The summed E-state index contributed by atoms with van der Waals surface area (Å²) in [6.07, 6.45) is 0. The van der Waals surface area contributed by atoms with Crippen molar-refractivity contribution in [1.82, 2.24) is 0 Å². The van der Waals surface area contributed by atoms with Crippen LogP contribution in [-0.2, 0) is 5.75 Å². The van der Waals surface area contributed by atoms with Gasteiger partial charge in [-0.3, -0.25) is 0 Å². The molecule has 0 saturated carbocycles. The van der Waals surface area contributed by atoms with E-state index in [0.29, 0.717) is 0 Å². The maximum atomic E-state index is 6.04. The number of hydrogen-bond donors (Lipinski definition) is 0. The van der Waals surface area contributed by atoms with E-state index >= 15 is 0 Å². The van der Waals surface area contributed by atoms with Crippen molar-refractivity contribution in [1.29, 1.82) is 0 Å². The molecule has 0 heterocycles. The van der Waals surface area contributed by atoms with E-state index < -0.39 is 0 Å². The van der Waals surface area contributed by atoms with Gasteiger partial charge in [-0.15, -0.1) is 11.8 Å². The molecule has 2 aromatic rings. The van der Waals surface area contributed by atoms with Crippen molar-refractivity contribution >= 4 is 39.3 Å². The van der Waals surface area contributed by atoms with Crippen molar-refractivity contribution in [3.63, 3.8) is 0 Å². The van der Waals surface area contributed by atoms with Gasteiger partial charge in [0, 0.05) is 15.1 Å². The Labute approximate surface area is 113 Å². The second kappa shape index (κ2) is 5.76. The van der Waals surface area contributed by atoms with Crippen LogP contribution in [0.25, 0.3) is 0 Å². The van der Waals surface area contributed by atoms with Crippen LogP contribution in [0.3, 0.4) is 0 Å². The molecule has 0 aliphatic heterocycles. The molecule has 0 fully saturated rings. The van der Waals surface area contributed by atoms with Gasteiger partial charge in [-0.1, -0.05) is 41.9 Å². The van der Waals surface area contributed by atoms with Crippen LogP contribution < -0.4 is 0 Å². The largest absolute Gasteiger partial charge is 0.121 e. The number of benzene rings is 2. The fourth-order valence-corrected chi connectivity index (χ4v) is 2.69. The maximum absolute atomic E-state index is 6.04. The highest BCUT2D eigenvalue weighted by Crippen LogP contribution is 2.29. The molecule has 0 bridgehead atoms. The van der Waals surface area contributed by atoms with Crippen molar-refractivity contribution in [2.24, 2.45) is 0 Å². The van der Waals surface area contributed by atoms with E-state index in [4.69, 9.17) is 11.6 Å². The zero-order valence-electron chi connectivity index (χ0n) is 8.49. The monoisotopic (exact) mass is 312 g/mol. The van der Waals surface area contributed by atoms with Crippen LogP contribution in [0.15, 0.2) is 57.9 Å². The lowest BCUT2D eigenvalue weighted by molar-refractivity contribution is 1.38. The highest BCUT2D eigenvalue weighted by molar-refractivity contribution is 9.10. The molecule has 0 unspecified atom stereocenters. The van der Waals surface area contributed by atoms with E-state index in [2.05, 4.69) is 46.3 Å². The second-order valence-electron chi connectivity index (χ2n) is 3.35. The first-order valence-corrected chi connectivity index (χ1v) is 7.03. The molecule has 0 N–H and O–H groups in total. The van der Waals surface area contributed by atoms with Gasteiger partial charge in [0.25, 0.3) is 0 Å². The molecule has 3 heteroatoms. The smallest absolute Gasteiger partial charge is 0.0559 e. The molecule has 0 radical (unpaired) electrons. The molecule has 2 rings (SSSR count). The van der Waals surface area contributed by atoms with Crippen molar-refractivity contribution < 1.29 is 0 Å². The topological polar surface area (TPSA) is 0 Å². The van der Waals surface area contributed by atoms with Gasteiger partial charge in [-0.05, 0) is 39.7 Å². The molecule has 16 heavy (non-hydrogen) atoms. The minimum absolute atomic E-state index is 0.762. The van der Waals surface area contributed by atoms with Crippen LogP contribution in [0, 0.1) is 0 Å². The molecule has 0 saturated heterocycles. The van der Waals surface area contributed by atoms with Crippen molar-refractivity contribution in [3.05, 3.63) is 63.6 Å². The van der Waals surface area contributed by atoms with E-state index in [9.17, 15) is 0 Å². The zero-order chi connectivity index (χ0) is 11.4. The Morgan fingerprint density at radius 1 is 1.06 bits per heavy atom. The Morgan fingerprint density at radius 3 is 2.50 bits per heavy atom. The number of rotatable bonds is 3. The third kappa shape index (κ3) is 3.27. The van der Waals surface area contributed by atoms with E-state index in [0.717, 1.165) is 15.2 Å². The van der Waals surface area contributed by atoms with Gasteiger partial charge < -0.3 is 0 Å². The van der Waals surface area contributed by atoms with Gasteiger partial charge in [0.2, 0.25) is 0 Å². The second-order valence-corrected chi connectivity index (χ2v) is 5.66. The third-order valence-corrected chi connectivity index (χ3v) is 4.44. The predicted octanol–water partition coefficient (Wildman–Crippen LogP) is 5.39. The maximum Gasteiger partial charge on any atom is 0.0559 e. The summed E-state index contributed by atoms with van der Waals surface area (Å²) in [5.41, 5.74) is 1.33. The van der Waals surface area contributed by atoms with Gasteiger partial charge in [0.15, 0.2) is 0 Å². The average molecular weight is 314 g/mol. The zero-order valence-corrected chi connectivity index (χ0v) is 11.6. The van der Waals surface area contributed by atoms with Crippen LogP contribution >= 0.6 is 39.3 Å². The molecular formula is C13H10BrClS. The standard InChI is InChI=1S/C13H10BrClS/c14-12-7-6-11(8-13(12)15)16-9-10-4-2-1-3-5-10/h1-8H,9H2. The molecule has 0 amide bonds. The van der Waals surface area contributed by atoms with E-state index in [1.807, 2.05) is 18.2 Å². The highest BCUT2D eigenvalue weighted by atomic mass is 79.9. The molecule has 0 aliphatic carbocycles. The number of thioether (sulfide) groups is 1. The van der Waals surface area contributed by atoms with Crippen LogP contribution in [-0.4, -0.2) is 0 Å². The lowest BCUT2D eigenvalue weighted by Gasteiger charge is -2.03. The minimum atomic E-state index is 0.762. The highest BCUT2D eigenvalue weighted by Gasteiger charge is 2.00. The van der Waals surface area contributed by atoms with Gasteiger partial charge in [0.1, 0.15) is 0 Å². The Balaban J connectivity index is 2.03. The Bertz CT molecular complexity index is 471. The summed E-state index contributed by atoms with van der Waals surface area (Å²) >= 11 is 11.2. The fraction of sp³-hybridized carbons (Fsp3) is 0.0769. The van der Waals surface area contributed by atoms with Gasteiger partial charge in [0.05, 0.1) is 5.02 Å². The summed E-state index contributed by atoms with van der Waals surface area (Å²) in [4.78, 5) is 1.19. The Morgan fingerprint density at radius 2 is 1.81 bits per heavy atom. The molecule has 82 valence electrons. The van der Waals surface area contributed by atoms with Crippen LogP contribution in [0.4, 0.5) is 0 Å². The van der Waals surface area contributed by atoms with E-state index in [1.165, 1.54) is 10.5 Å². The number of halogens is 2. The fourth-order valence-electron chi connectivity index (χ4n) is 1.31. The van der Waals surface area contributed by atoms with Crippen molar-refractivity contribution in [2.75, 3.05) is 0 Å². The number of hydrogen-bond acceptors (Lipinski definition) is 1.